The number of rotatable bonds is 5. The Kier molecular flexibility index (Phi) is 4.84. The van der Waals surface area contributed by atoms with Crippen molar-refractivity contribution in [1.29, 1.82) is 0 Å². The number of amides is 1. The van der Waals surface area contributed by atoms with E-state index in [0.29, 0.717) is 12.1 Å². The first-order chi connectivity index (χ1) is 9.62. The van der Waals surface area contributed by atoms with Crippen molar-refractivity contribution in [2.75, 3.05) is 6.54 Å². The molecule has 1 amide bonds. The Labute approximate surface area is 115 Å². The van der Waals surface area contributed by atoms with Crippen LogP contribution < -0.4 is 5.32 Å². The third-order valence-electron chi connectivity index (χ3n) is 2.39. The standard InChI is InChI=1S/C11H9F3N2O5/c12-11(13,14)6-1-2-7(8(5-6)16(20)21)10(19)15-4-3-9(17)18/h1-2,5H,3-4H2,(H,15,19)(H,17,18). The van der Waals surface area contributed by atoms with E-state index in [0.717, 1.165) is 0 Å². The monoisotopic (exact) mass is 306 g/mol. The van der Waals surface area contributed by atoms with Gasteiger partial charge in [0.25, 0.3) is 11.6 Å². The molecule has 0 aliphatic carbocycles. The van der Waals surface area contributed by atoms with Crippen molar-refractivity contribution >= 4 is 17.6 Å². The zero-order valence-corrected chi connectivity index (χ0v) is 10.3. The van der Waals surface area contributed by atoms with Gasteiger partial charge in [0.2, 0.25) is 0 Å². The third kappa shape index (κ3) is 4.44. The Hall–Kier alpha value is -2.65. The number of halogens is 3. The fourth-order valence-electron chi connectivity index (χ4n) is 1.43. The van der Waals surface area contributed by atoms with Crippen LogP contribution in [0.4, 0.5) is 18.9 Å². The molecule has 2 N–H and O–H groups in total. The second-order valence-corrected chi connectivity index (χ2v) is 3.89. The van der Waals surface area contributed by atoms with Crippen molar-refractivity contribution in [2.45, 2.75) is 12.6 Å². The summed E-state index contributed by atoms with van der Waals surface area (Å²) in [4.78, 5) is 31.5. The van der Waals surface area contributed by atoms with Gasteiger partial charge >= 0.3 is 12.1 Å². The Morgan fingerprint density at radius 3 is 2.43 bits per heavy atom. The smallest absolute Gasteiger partial charge is 0.416 e. The number of carbonyl (C=O) groups excluding carboxylic acids is 1. The molecule has 1 aromatic rings. The molecule has 0 aromatic heterocycles. The molecule has 0 aliphatic heterocycles. The molecule has 0 saturated heterocycles. The second-order valence-electron chi connectivity index (χ2n) is 3.89. The van der Waals surface area contributed by atoms with Gasteiger partial charge in [-0.3, -0.25) is 19.7 Å². The van der Waals surface area contributed by atoms with Crippen LogP contribution in [0.2, 0.25) is 0 Å². The highest BCUT2D eigenvalue weighted by molar-refractivity contribution is 5.98. The fourth-order valence-corrected chi connectivity index (χ4v) is 1.43. The highest BCUT2D eigenvalue weighted by Crippen LogP contribution is 2.32. The number of hydrogen-bond acceptors (Lipinski definition) is 4. The van der Waals surface area contributed by atoms with Crippen LogP contribution in [0.5, 0.6) is 0 Å². The molecule has 0 radical (unpaired) electrons. The van der Waals surface area contributed by atoms with Crippen LogP contribution in [0.25, 0.3) is 0 Å². The zero-order valence-electron chi connectivity index (χ0n) is 10.3. The summed E-state index contributed by atoms with van der Waals surface area (Å²) in [6, 6.07) is 1.47. The summed E-state index contributed by atoms with van der Waals surface area (Å²) in [5, 5.41) is 21.2. The summed E-state index contributed by atoms with van der Waals surface area (Å²) in [5.74, 6) is -2.21. The van der Waals surface area contributed by atoms with Gasteiger partial charge in [0, 0.05) is 12.6 Å². The van der Waals surface area contributed by atoms with E-state index in [1.807, 2.05) is 0 Å². The van der Waals surface area contributed by atoms with Gasteiger partial charge in [-0.05, 0) is 12.1 Å². The summed E-state index contributed by atoms with van der Waals surface area (Å²) in [6.07, 6.45) is -5.19. The van der Waals surface area contributed by atoms with E-state index in [-0.39, 0.29) is 12.6 Å². The predicted molar refractivity (Wildman–Crippen MR) is 62.7 cm³/mol. The quantitative estimate of drug-likeness (QED) is 0.637. The Bertz CT molecular complexity index is 586. The lowest BCUT2D eigenvalue weighted by atomic mass is 10.1. The van der Waals surface area contributed by atoms with Crippen LogP contribution in [0.3, 0.4) is 0 Å². The molecule has 0 bridgehead atoms. The molecule has 0 unspecified atom stereocenters. The maximum absolute atomic E-state index is 12.5. The fraction of sp³-hybridized carbons (Fsp3) is 0.273. The van der Waals surface area contributed by atoms with E-state index in [1.54, 1.807) is 0 Å². The SMILES string of the molecule is O=C(O)CCNC(=O)c1ccc(C(F)(F)F)cc1[N+](=O)[O-]. The number of benzene rings is 1. The number of nitrogens with one attached hydrogen (secondary N) is 1. The van der Waals surface area contributed by atoms with E-state index in [1.165, 1.54) is 0 Å². The Balaban J connectivity index is 3.04. The van der Waals surface area contributed by atoms with Gasteiger partial charge in [-0.2, -0.15) is 13.2 Å². The van der Waals surface area contributed by atoms with E-state index >= 15 is 0 Å². The van der Waals surface area contributed by atoms with Gasteiger partial charge in [-0.1, -0.05) is 0 Å². The van der Waals surface area contributed by atoms with Gasteiger partial charge in [0.1, 0.15) is 5.56 Å². The van der Waals surface area contributed by atoms with E-state index < -0.39 is 46.2 Å². The molecule has 0 heterocycles. The number of carbonyl (C=O) groups is 2. The first-order valence-electron chi connectivity index (χ1n) is 5.48. The molecule has 1 rings (SSSR count). The molecule has 0 aliphatic rings. The average Bonchev–Trinajstić information content (AvgIpc) is 2.36. The highest BCUT2D eigenvalue weighted by Gasteiger charge is 2.33. The molecule has 21 heavy (non-hydrogen) atoms. The van der Waals surface area contributed by atoms with E-state index in [2.05, 4.69) is 5.32 Å². The van der Waals surface area contributed by atoms with Crippen molar-refractivity contribution < 1.29 is 32.8 Å². The molecule has 0 fully saturated rings. The van der Waals surface area contributed by atoms with E-state index in [4.69, 9.17) is 5.11 Å². The summed E-state index contributed by atoms with van der Waals surface area (Å²) >= 11 is 0. The number of aliphatic carboxylic acids is 1. The third-order valence-corrected chi connectivity index (χ3v) is 2.39. The molecule has 1 aromatic carbocycles. The number of carboxylic acids is 1. The van der Waals surface area contributed by atoms with Crippen LogP contribution in [0.15, 0.2) is 18.2 Å². The number of alkyl halides is 3. The molecule has 0 spiro atoms. The zero-order chi connectivity index (χ0) is 16.2. The van der Waals surface area contributed by atoms with Gasteiger partial charge in [0.05, 0.1) is 16.9 Å². The molecule has 7 nitrogen and oxygen atoms in total. The first-order valence-corrected chi connectivity index (χ1v) is 5.48. The van der Waals surface area contributed by atoms with Crippen molar-refractivity contribution in [3.8, 4) is 0 Å². The van der Waals surface area contributed by atoms with Crippen LogP contribution in [0.1, 0.15) is 22.3 Å². The number of nitrogens with zero attached hydrogens (tertiary/aromatic N) is 1. The number of hydrogen-bond donors (Lipinski definition) is 2. The Morgan fingerprint density at radius 2 is 1.95 bits per heavy atom. The number of carboxylic acid groups (broad SMARTS) is 1. The lowest BCUT2D eigenvalue weighted by Crippen LogP contribution is -2.26. The number of nitro benzene ring substituents is 1. The van der Waals surface area contributed by atoms with Gasteiger partial charge in [-0.25, -0.2) is 0 Å². The second kappa shape index (κ2) is 6.20. The molecule has 0 saturated carbocycles. The van der Waals surface area contributed by atoms with Crippen LogP contribution in [-0.4, -0.2) is 28.5 Å². The van der Waals surface area contributed by atoms with Crippen LogP contribution in [-0.2, 0) is 11.0 Å². The Morgan fingerprint density at radius 1 is 1.33 bits per heavy atom. The average molecular weight is 306 g/mol. The van der Waals surface area contributed by atoms with Gasteiger partial charge < -0.3 is 10.4 Å². The van der Waals surface area contributed by atoms with E-state index in [9.17, 15) is 32.9 Å². The minimum atomic E-state index is -4.77. The summed E-state index contributed by atoms with van der Waals surface area (Å²) in [5.41, 5.74) is -2.83. The van der Waals surface area contributed by atoms with Crippen molar-refractivity contribution in [3.05, 3.63) is 39.4 Å². The van der Waals surface area contributed by atoms with Crippen molar-refractivity contribution in [3.63, 3.8) is 0 Å². The molecule has 114 valence electrons. The molecule has 10 heteroatoms. The summed E-state index contributed by atoms with van der Waals surface area (Å²) < 4.78 is 37.4. The molecular weight excluding hydrogens is 297 g/mol. The lowest BCUT2D eigenvalue weighted by Gasteiger charge is -2.09. The number of nitro groups is 1. The van der Waals surface area contributed by atoms with Crippen LogP contribution >= 0.6 is 0 Å². The van der Waals surface area contributed by atoms with Crippen molar-refractivity contribution in [1.82, 2.24) is 5.32 Å². The maximum atomic E-state index is 12.5. The van der Waals surface area contributed by atoms with Gasteiger partial charge in [-0.15, -0.1) is 0 Å². The predicted octanol–water partition coefficient (Wildman–Crippen LogP) is 1.82. The van der Waals surface area contributed by atoms with Gasteiger partial charge in [0.15, 0.2) is 0 Å². The summed E-state index contributed by atoms with van der Waals surface area (Å²) in [6.45, 7) is -0.299. The maximum Gasteiger partial charge on any atom is 0.416 e. The molecule has 0 atom stereocenters. The van der Waals surface area contributed by atoms with Crippen LogP contribution in [0, 0.1) is 10.1 Å². The first kappa shape index (κ1) is 16.4. The van der Waals surface area contributed by atoms with Crippen molar-refractivity contribution in [2.24, 2.45) is 0 Å². The lowest BCUT2D eigenvalue weighted by molar-refractivity contribution is -0.385. The largest absolute Gasteiger partial charge is 0.481 e. The molecular formula is C11H9F3N2O5. The highest BCUT2D eigenvalue weighted by atomic mass is 19.4. The minimum absolute atomic E-state index is 0.256. The summed E-state index contributed by atoms with van der Waals surface area (Å²) in [7, 11) is 0. The topological polar surface area (TPSA) is 110 Å². The minimum Gasteiger partial charge on any atom is -0.481 e. The normalized spacial score (nSPS) is 11.0.